The van der Waals surface area contributed by atoms with Crippen molar-refractivity contribution in [2.75, 3.05) is 64.7 Å². The van der Waals surface area contributed by atoms with E-state index >= 15 is 0 Å². The maximum Gasteiger partial charge on any atom is 0.236 e. The highest BCUT2D eigenvalue weighted by Gasteiger charge is 2.29. The van der Waals surface area contributed by atoms with Crippen molar-refractivity contribution in [3.05, 3.63) is 35.9 Å². The number of benzene rings is 1. The van der Waals surface area contributed by atoms with Crippen LogP contribution in [0.1, 0.15) is 31.7 Å². The molecule has 0 unspecified atom stereocenters. The van der Waals surface area contributed by atoms with Gasteiger partial charge in [0.2, 0.25) is 15.9 Å². The zero-order chi connectivity index (χ0) is 21.4. The highest BCUT2D eigenvalue weighted by molar-refractivity contribution is 7.89. The molecular weight excluding hydrogens is 400 g/mol. The summed E-state index contributed by atoms with van der Waals surface area (Å²) in [5.74, 6) is 0.404. The molecule has 0 bridgehead atoms. The Hall–Kier alpha value is -1.48. The number of carbonyl (C=O) groups excluding carboxylic acids is 1. The fraction of sp³-hybridized carbons (Fsp3) is 0.682. The third-order valence-electron chi connectivity index (χ3n) is 6.06. The molecule has 0 aliphatic carbocycles. The molecule has 2 fully saturated rings. The van der Waals surface area contributed by atoms with Gasteiger partial charge in [-0.2, -0.15) is 4.31 Å². The van der Waals surface area contributed by atoms with Crippen LogP contribution in [0.2, 0.25) is 0 Å². The van der Waals surface area contributed by atoms with Gasteiger partial charge in [0.1, 0.15) is 0 Å². The lowest BCUT2D eigenvalue weighted by molar-refractivity contribution is -0.134. The lowest BCUT2D eigenvalue weighted by atomic mass is 10.2. The second-order valence-corrected chi connectivity index (χ2v) is 10.4. The van der Waals surface area contributed by atoms with Crippen LogP contribution in [0.5, 0.6) is 0 Å². The molecule has 0 radical (unpaired) electrons. The smallest absolute Gasteiger partial charge is 0.236 e. The summed E-state index contributed by atoms with van der Waals surface area (Å²) < 4.78 is 26.5. The molecule has 1 aromatic rings. The fourth-order valence-corrected chi connectivity index (χ4v) is 5.66. The summed E-state index contributed by atoms with van der Waals surface area (Å²) in [4.78, 5) is 19.2. The Morgan fingerprint density at radius 3 is 2.13 bits per heavy atom. The largest absolute Gasteiger partial charge is 0.339 e. The first kappa shape index (κ1) is 23.2. The lowest BCUT2D eigenvalue weighted by Gasteiger charge is -2.37. The number of piperazine rings is 2. The number of carbonyl (C=O) groups is 1. The fourth-order valence-electron chi connectivity index (χ4n) is 4.12. The molecule has 2 aliphatic rings. The van der Waals surface area contributed by atoms with E-state index in [-0.39, 0.29) is 11.7 Å². The number of rotatable bonds is 9. The van der Waals surface area contributed by atoms with Crippen molar-refractivity contribution < 1.29 is 13.2 Å². The normalized spacial score (nSPS) is 19.8. The maximum atomic E-state index is 12.7. The van der Waals surface area contributed by atoms with Gasteiger partial charge in [-0.15, -0.1) is 0 Å². The predicted octanol–water partition coefficient (Wildman–Crippen LogP) is 1.47. The molecular formula is C22H36N4O3S. The molecule has 168 valence electrons. The van der Waals surface area contributed by atoms with Crippen LogP contribution in [-0.4, -0.2) is 98.0 Å². The van der Waals surface area contributed by atoms with Gasteiger partial charge < -0.3 is 4.90 Å². The summed E-state index contributed by atoms with van der Waals surface area (Å²) >= 11 is 0. The van der Waals surface area contributed by atoms with E-state index in [0.717, 1.165) is 52.0 Å². The average molecular weight is 437 g/mol. The van der Waals surface area contributed by atoms with E-state index in [9.17, 15) is 13.2 Å². The first-order valence-corrected chi connectivity index (χ1v) is 12.8. The van der Waals surface area contributed by atoms with Crippen LogP contribution in [-0.2, 0) is 21.4 Å². The minimum Gasteiger partial charge on any atom is -0.339 e. The molecule has 1 amide bonds. The van der Waals surface area contributed by atoms with Crippen molar-refractivity contribution in [3.63, 3.8) is 0 Å². The van der Waals surface area contributed by atoms with Crippen LogP contribution in [0, 0.1) is 0 Å². The van der Waals surface area contributed by atoms with Crippen LogP contribution in [0.3, 0.4) is 0 Å². The summed E-state index contributed by atoms with van der Waals surface area (Å²) in [6.07, 6.45) is 2.70. The number of sulfonamides is 1. The Balaban J connectivity index is 1.37. The zero-order valence-corrected chi connectivity index (χ0v) is 19.0. The summed E-state index contributed by atoms with van der Waals surface area (Å²) in [5, 5.41) is 0. The number of unbranched alkanes of at least 4 members (excludes halogenated alkanes) is 2. The molecule has 2 heterocycles. The van der Waals surface area contributed by atoms with Crippen LogP contribution in [0.4, 0.5) is 0 Å². The Kier molecular flexibility index (Phi) is 8.68. The van der Waals surface area contributed by atoms with Gasteiger partial charge in [-0.3, -0.25) is 14.6 Å². The van der Waals surface area contributed by atoms with Gasteiger partial charge in [-0.05, 0) is 12.0 Å². The number of hydrogen-bond acceptors (Lipinski definition) is 5. The van der Waals surface area contributed by atoms with Gasteiger partial charge in [0.05, 0.1) is 12.3 Å². The number of hydrogen-bond donors (Lipinski definition) is 0. The molecule has 7 nitrogen and oxygen atoms in total. The highest BCUT2D eigenvalue weighted by Crippen LogP contribution is 2.12. The van der Waals surface area contributed by atoms with E-state index in [1.165, 1.54) is 5.56 Å². The van der Waals surface area contributed by atoms with E-state index in [1.54, 1.807) is 4.31 Å². The second-order valence-electron chi connectivity index (χ2n) is 8.34. The Morgan fingerprint density at radius 1 is 0.867 bits per heavy atom. The molecule has 30 heavy (non-hydrogen) atoms. The van der Waals surface area contributed by atoms with Gasteiger partial charge in [0.15, 0.2) is 0 Å². The van der Waals surface area contributed by atoms with Gasteiger partial charge in [-0.25, -0.2) is 8.42 Å². The second kappa shape index (κ2) is 11.2. The third kappa shape index (κ3) is 6.77. The molecule has 2 aliphatic heterocycles. The van der Waals surface area contributed by atoms with Crippen LogP contribution in [0.15, 0.2) is 30.3 Å². The first-order valence-electron chi connectivity index (χ1n) is 11.2. The molecule has 0 atom stereocenters. The van der Waals surface area contributed by atoms with Crippen molar-refractivity contribution in [2.24, 2.45) is 0 Å². The van der Waals surface area contributed by atoms with Crippen LogP contribution >= 0.6 is 0 Å². The van der Waals surface area contributed by atoms with Crippen molar-refractivity contribution >= 4 is 15.9 Å². The maximum absolute atomic E-state index is 12.7. The Morgan fingerprint density at radius 2 is 1.50 bits per heavy atom. The number of nitrogens with zero attached hydrogens (tertiary/aromatic N) is 4. The molecule has 8 heteroatoms. The van der Waals surface area contributed by atoms with E-state index < -0.39 is 10.0 Å². The highest BCUT2D eigenvalue weighted by atomic mass is 32.2. The van der Waals surface area contributed by atoms with Gasteiger partial charge >= 0.3 is 0 Å². The minimum atomic E-state index is -3.15. The molecule has 1 aromatic carbocycles. The first-order chi connectivity index (χ1) is 14.5. The van der Waals surface area contributed by atoms with Crippen molar-refractivity contribution in [3.8, 4) is 0 Å². The molecule has 3 rings (SSSR count). The van der Waals surface area contributed by atoms with Gasteiger partial charge in [0, 0.05) is 58.9 Å². The topological polar surface area (TPSA) is 64.2 Å². The Labute approximate surface area is 181 Å². The Bertz CT molecular complexity index is 756. The van der Waals surface area contributed by atoms with Crippen LogP contribution in [0.25, 0.3) is 0 Å². The SMILES string of the molecule is CCCCCS(=O)(=O)N1CCN(CC(=O)N2CCN(Cc3ccccc3)CC2)CC1. The predicted molar refractivity (Wildman–Crippen MR) is 120 cm³/mol. The van der Waals surface area contributed by atoms with Gasteiger partial charge in [-0.1, -0.05) is 50.1 Å². The monoisotopic (exact) mass is 436 g/mol. The molecule has 0 aromatic heterocycles. The molecule has 0 N–H and O–H groups in total. The van der Waals surface area contributed by atoms with Crippen molar-refractivity contribution in [1.29, 1.82) is 0 Å². The summed E-state index contributed by atoms with van der Waals surface area (Å²) in [6, 6.07) is 10.4. The average Bonchev–Trinajstić information content (AvgIpc) is 2.75. The van der Waals surface area contributed by atoms with Crippen molar-refractivity contribution in [1.82, 2.24) is 19.0 Å². The summed E-state index contributed by atoms with van der Waals surface area (Å²) in [5.41, 5.74) is 1.31. The van der Waals surface area contributed by atoms with Gasteiger partial charge in [0.25, 0.3) is 0 Å². The lowest BCUT2D eigenvalue weighted by Crippen LogP contribution is -2.54. The van der Waals surface area contributed by atoms with E-state index in [4.69, 9.17) is 0 Å². The molecule has 2 saturated heterocycles. The minimum absolute atomic E-state index is 0.161. The quantitative estimate of drug-likeness (QED) is 0.549. The van der Waals surface area contributed by atoms with E-state index in [0.29, 0.717) is 32.7 Å². The van der Waals surface area contributed by atoms with E-state index in [2.05, 4.69) is 41.0 Å². The summed E-state index contributed by atoms with van der Waals surface area (Å²) in [7, 11) is -3.15. The number of amides is 1. The third-order valence-corrected chi connectivity index (χ3v) is 8.02. The standard InChI is InChI=1S/C22H36N4O3S/c1-2-3-7-18-30(28,29)26-16-12-24(13-17-26)20-22(27)25-14-10-23(11-15-25)19-21-8-5-4-6-9-21/h4-6,8-9H,2-3,7,10-20H2,1H3. The van der Waals surface area contributed by atoms with E-state index in [1.807, 2.05) is 11.0 Å². The van der Waals surface area contributed by atoms with Crippen molar-refractivity contribution in [2.45, 2.75) is 32.7 Å². The molecule has 0 spiro atoms. The summed E-state index contributed by atoms with van der Waals surface area (Å²) in [6.45, 7) is 8.95. The zero-order valence-electron chi connectivity index (χ0n) is 18.2. The van der Waals surface area contributed by atoms with Crippen LogP contribution < -0.4 is 0 Å². The molecule has 0 saturated carbocycles.